The van der Waals surface area contributed by atoms with E-state index in [1.807, 2.05) is 12.1 Å². The first kappa shape index (κ1) is 19.0. The minimum Gasteiger partial charge on any atom is -0.487 e. The van der Waals surface area contributed by atoms with Crippen LogP contribution in [0.5, 0.6) is 0 Å². The predicted octanol–water partition coefficient (Wildman–Crippen LogP) is 3.72. The third-order valence-electron chi connectivity index (χ3n) is 4.14. The molecule has 2 aromatic carbocycles. The fourth-order valence-corrected chi connectivity index (χ4v) is 3.22. The van der Waals surface area contributed by atoms with Gasteiger partial charge in [0.1, 0.15) is 0 Å². The zero-order valence-electron chi connectivity index (χ0n) is 15.2. The molecule has 2 N–H and O–H groups in total. The summed E-state index contributed by atoms with van der Waals surface area (Å²) in [6.45, 7) is 3.08. The Labute approximate surface area is 163 Å². The monoisotopic (exact) mass is 382 g/mol. The molecule has 0 bridgehead atoms. The molecule has 6 heteroatoms. The molecule has 3 rings (SSSR count). The number of nitrogens with one attached hydrogen (secondary N) is 2. The van der Waals surface area contributed by atoms with Gasteiger partial charge in [-0.3, -0.25) is 9.59 Å². The molecule has 0 radical (unpaired) electrons. The molecule has 2 amide bonds. The Balaban J connectivity index is 1.59. The third-order valence-corrected chi connectivity index (χ3v) is 4.92. The number of hydrogen-bond acceptors (Lipinski definition) is 4. The van der Waals surface area contributed by atoms with E-state index in [1.54, 1.807) is 41.4 Å². The number of hydrogen-bond donors (Lipinski definition) is 2. The second-order valence-corrected chi connectivity index (χ2v) is 7.07. The van der Waals surface area contributed by atoms with Crippen LogP contribution in [-0.2, 0) is 22.5 Å². The van der Waals surface area contributed by atoms with Crippen LogP contribution in [0.25, 0.3) is 0 Å². The van der Waals surface area contributed by atoms with E-state index >= 15 is 0 Å². The molecule has 0 atom stereocenters. The van der Waals surface area contributed by atoms with Crippen LogP contribution >= 0.6 is 11.8 Å². The largest absolute Gasteiger partial charge is 0.487 e. The van der Waals surface area contributed by atoms with Crippen molar-refractivity contribution in [1.29, 1.82) is 0 Å². The molecule has 0 spiro atoms. The fraction of sp³-hybridized carbons (Fsp3) is 0.238. The lowest BCUT2D eigenvalue weighted by atomic mass is 10.1. The summed E-state index contributed by atoms with van der Waals surface area (Å²) < 4.78 is 5.34. The molecule has 27 heavy (non-hydrogen) atoms. The molecule has 1 aliphatic rings. The number of ether oxygens (including phenoxy) is 1. The van der Waals surface area contributed by atoms with E-state index in [-0.39, 0.29) is 11.8 Å². The summed E-state index contributed by atoms with van der Waals surface area (Å²) in [4.78, 5) is 24.6. The number of amides is 2. The van der Waals surface area contributed by atoms with Crippen LogP contribution in [0, 0.1) is 0 Å². The van der Waals surface area contributed by atoms with E-state index < -0.39 is 0 Å². The maximum atomic E-state index is 12.4. The highest BCUT2D eigenvalue weighted by atomic mass is 32.2. The second kappa shape index (κ2) is 9.28. The van der Waals surface area contributed by atoms with Gasteiger partial charge in [-0.25, -0.2) is 0 Å². The third kappa shape index (κ3) is 5.37. The van der Waals surface area contributed by atoms with Crippen molar-refractivity contribution in [3.63, 3.8) is 0 Å². The minimum atomic E-state index is -0.309. The average Bonchev–Trinajstić information content (AvgIpc) is 2.73. The molecule has 5 nitrogen and oxygen atoms in total. The van der Waals surface area contributed by atoms with Crippen LogP contribution in [0.2, 0.25) is 0 Å². The van der Waals surface area contributed by atoms with Crippen molar-refractivity contribution in [3.05, 3.63) is 76.4 Å². The molecule has 0 aliphatic carbocycles. The van der Waals surface area contributed by atoms with Gasteiger partial charge in [-0.2, -0.15) is 0 Å². The maximum absolute atomic E-state index is 12.4. The zero-order valence-corrected chi connectivity index (χ0v) is 16.0. The van der Waals surface area contributed by atoms with Gasteiger partial charge in [0.25, 0.3) is 11.8 Å². The lowest BCUT2D eigenvalue weighted by Crippen LogP contribution is -2.23. The smallest absolute Gasteiger partial charge is 0.291 e. The van der Waals surface area contributed by atoms with Gasteiger partial charge in [-0.15, -0.1) is 11.8 Å². The Bertz CT molecular complexity index is 847. The van der Waals surface area contributed by atoms with Gasteiger partial charge in [0.05, 0.1) is 6.61 Å². The van der Waals surface area contributed by atoms with Crippen LogP contribution < -0.4 is 10.6 Å². The lowest BCUT2D eigenvalue weighted by molar-refractivity contribution is -0.116. The first-order valence-electron chi connectivity index (χ1n) is 8.87. The summed E-state index contributed by atoms with van der Waals surface area (Å²) in [7, 11) is 0. The number of aryl methyl sites for hydroxylation is 1. The highest BCUT2D eigenvalue weighted by Crippen LogP contribution is 2.18. The highest BCUT2D eigenvalue weighted by molar-refractivity contribution is 8.02. The van der Waals surface area contributed by atoms with Crippen molar-refractivity contribution in [3.8, 4) is 0 Å². The molecular weight excluding hydrogens is 360 g/mol. The summed E-state index contributed by atoms with van der Waals surface area (Å²) in [5.74, 6) is 0.648. The summed E-state index contributed by atoms with van der Waals surface area (Å²) >= 11 is 1.54. The van der Waals surface area contributed by atoms with Crippen LogP contribution in [0.1, 0.15) is 28.4 Å². The van der Waals surface area contributed by atoms with Gasteiger partial charge in [-0.05, 0) is 35.7 Å². The van der Waals surface area contributed by atoms with Gasteiger partial charge in [0.2, 0.25) is 0 Å². The van der Waals surface area contributed by atoms with E-state index in [4.69, 9.17) is 4.74 Å². The van der Waals surface area contributed by atoms with Gasteiger partial charge in [-0.1, -0.05) is 37.3 Å². The molecule has 0 fully saturated rings. The number of anilines is 1. The van der Waals surface area contributed by atoms with E-state index in [0.717, 1.165) is 17.7 Å². The summed E-state index contributed by atoms with van der Waals surface area (Å²) in [6, 6.07) is 15.0. The number of rotatable bonds is 6. The van der Waals surface area contributed by atoms with Gasteiger partial charge in [0.15, 0.2) is 5.76 Å². The molecule has 2 aromatic rings. The van der Waals surface area contributed by atoms with Crippen molar-refractivity contribution >= 4 is 29.3 Å². The van der Waals surface area contributed by atoms with Crippen LogP contribution in [-0.4, -0.2) is 24.2 Å². The van der Waals surface area contributed by atoms with Crippen molar-refractivity contribution in [2.45, 2.75) is 19.9 Å². The van der Waals surface area contributed by atoms with Crippen LogP contribution in [0.15, 0.2) is 59.7 Å². The highest BCUT2D eigenvalue weighted by Gasteiger charge is 2.15. The molecule has 0 saturated carbocycles. The van der Waals surface area contributed by atoms with Gasteiger partial charge in [0, 0.05) is 29.0 Å². The normalized spacial score (nSPS) is 13.3. The van der Waals surface area contributed by atoms with Crippen molar-refractivity contribution in [2.75, 3.05) is 17.7 Å². The molecule has 1 aliphatic heterocycles. The summed E-state index contributed by atoms with van der Waals surface area (Å²) in [5, 5.41) is 7.38. The first-order valence-corrected chi connectivity index (χ1v) is 9.92. The fourth-order valence-electron chi connectivity index (χ4n) is 2.60. The second-order valence-electron chi connectivity index (χ2n) is 6.09. The number of carbonyl (C=O) groups is 2. The van der Waals surface area contributed by atoms with E-state index in [2.05, 4.69) is 29.7 Å². The van der Waals surface area contributed by atoms with Crippen molar-refractivity contribution < 1.29 is 14.3 Å². The van der Waals surface area contributed by atoms with Crippen molar-refractivity contribution in [1.82, 2.24) is 5.32 Å². The number of carbonyl (C=O) groups excluding carboxylic acids is 2. The van der Waals surface area contributed by atoms with E-state index in [1.165, 1.54) is 5.56 Å². The van der Waals surface area contributed by atoms with Gasteiger partial charge >= 0.3 is 0 Å². The molecule has 140 valence electrons. The molecular formula is C21H22N2O3S. The minimum absolute atomic E-state index is 0.186. The topological polar surface area (TPSA) is 67.4 Å². The van der Waals surface area contributed by atoms with Crippen LogP contribution in [0.3, 0.4) is 0 Å². The quantitative estimate of drug-likeness (QED) is 0.799. The Morgan fingerprint density at radius 3 is 2.56 bits per heavy atom. The Hall–Kier alpha value is -2.73. The zero-order chi connectivity index (χ0) is 19.1. The SMILES string of the molecule is CCc1ccc(CNC(=O)c2cccc(NC(=O)C3=CSCCO3)c2)cc1. The Kier molecular flexibility index (Phi) is 6.54. The predicted molar refractivity (Wildman–Crippen MR) is 109 cm³/mol. The van der Waals surface area contributed by atoms with E-state index in [9.17, 15) is 9.59 Å². The average molecular weight is 382 g/mol. The molecule has 1 heterocycles. The van der Waals surface area contributed by atoms with Crippen molar-refractivity contribution in [2.24, 2.45) is 0 Å². The molecule has 0 aromatic heterocycles. The molecule has 0 unspecified atom stereocenters. The summed E-state index contributed by atoms with van der Waals surface area (Å²) in [5.41, 5.74) is 3.36. The Morgan fingerprint density at radius 1 is 1.07 bits per heavy atom. The summed E-state index contributed by atoms with van der Waals surface area (Å²) in [6.07, 6.45) is 0.992. The molecule has 0 saturated heterocycles. The number of thioether (sulfide) groups is 1. The lowest BCUT2D eigenvalue weighted by Gasteiger charge is -2.14. The van der Waals surface area contributed by atoms with Crippen LogP contribution in [0.4, 0.5) is 5.69 Å². The Morgan fingerprint density at radius 2 is 1.85 bits per heavy atom. The number of benzene rings is 2. The maximum Gasteiger partial charge on any atom is 0.291 e. The first-order chi connectivity index (χ1) is 13.2. The standard InChI is InChI=1S/C21H22N2O3S/c1-2-15-6-8-16(9-7-15)13-22-20(24)17-4-3-5-18(12-17)23-21(25)19-14-27-11-10-26-19/h3-9,12,14H,2,10-11,13H2,1H3,(H,22,24)(H,23,25). The van der Waals surface area contributed by atoms with E-state index in [0.29, 0.717) is 30.2 Å². The van der Waals surface area contributed by atoms with Gasteiger partial charge < -0.3 is 15.4 Å².